The van der Waals surface area contributed by atoms with Crippen LogP contribution in [0.3, 0.4) is 0 Å². The maximum atomic E-state index is 12.1. The second-order valence-electron chi connectivity index (χ2n) is 5.36. The fraction of sp³-hybridized carbons (Fsp3) is 0.923. The Morgan fingerprint density at radius 2 is 2.00 bits per heavy atom. The Hall–Kier alpha value is -0.570. The van der Waals surface area contributed by atoms with Crippen LogP contribution in [0.25, 0.3) is 0 Å². The van der Waals surface area contributed by atoms with Crippen LogP contribution in [-0.2, 0) is 4.79 Å². The summed E-state index contributed by atoms with van der Waals surface area (Å²) in [5.74, 6) is 0.944. The minimum absolute atomic E-state index is 0.362. The van der Waals surface area contributed by atoms with E-state index in [-0.39, 0.29) is 0 Å². The maximum absolute atomic E-state index is 12.1. The topological polar surface area (TPSA) is 32.3 Å². The molecule has 1 atom stereocenters. The van der Waals surface area contributed by atoms with Gasteiger partial charge in [0.2, 0.25) is 5.91 Å². The van der Waals surface area contributed by atoms with Gasteiger partial charge in [0.25, 0.3) is 0 Å². The lowest BCUT2D eigenvalue weighted by Gasteiger charge is -2.31. The minimum Gasteiger partial charge on any atom is -0.343 e. The van der Waals surface area contributed by atoms with Gasteiger partial charge in [-0.1, -0.05) is 19.3 Å². The molecule has 1 aliphatic heterocycles. The number of amides is 1. The summed E-state index contributed by atoms with van der Waals surface area (Å²) in [7, 11) is 2.00. The third kappa shape index (κ3) is 2.97. The lowest BCUT2D eigenvalue weighted by Crippen LogP contribution is -2.39. The fourth-order valence-corrected chi connectivity index (χ4v) is 2.95. The molecule has 1 saturated heterocycles. The summed E-state index contributed by atoms with van der Waals surface area (Å²) in [5.41, 5.74) is 0. The van der Waals surface area contributed by atoms with Crippen molar-refractivity contribution in [3.8, 4) is 0 Å². The standard InChI is InChI=1S/C13H24N2O/c1-15(12-5-3-2-4-6-12)13(16)9-11-7-8-14-10-11/h11-12,14H,2-10H2,1H3. The number of nitrogens with zero attached hydrogens (tertiary/aromatic N) is 1. The predicted octanol–water partition coefficient (Wildman–Crippen LogP) is 1.78. The largest absolute Gasteiger partial charge is 0.343 e. The quantitative estimate of drug-likeness (QED) is 0.792. The molecule has 1 aliphatic carbocycles. The van der Waals surface area contributed by atoms with Crippen molar-refractivity contribution in [3.05, 3.63) is 0 Å². The zero-order valence-corrected chi connectivity index (χ0v) is 10.4. The molecule has 0 radical (unpaired) electrons. The smallest absolute Gasteiger partial charge is 0.222 e. The highest BCUT2D eigenvalue weighted by Gasteiger charge is 2.25. The molecule has 0 aromatic carbocycles. The van der Waals surface area contributed by atoms with E-state index in [0.717, 1.165) is 19.5 Å². The highest BCUT2D eigenvalue weighted by Crippen LogP contribution is 2.23. The molecule has 0 bridgehead atoms. The molecule has 1 unspecified atom stereocenters. The van der Waals surface area contributed by atoms with Gasteiger partial charge in [-0.25, -0.2) is 0 Å². The Morgan fingerprint density at radius 1 is 1.25 bits per heavy atom. The van der Waals surface area contributed by atoms with Gasteiger partial charge in [0.05, 0.1) is 0 Å². The van der Waals surface area contributed by atoms with E-state index >= 15 is 0 Å². The molecule has 92 valence electrons. The number of nitrogens with one attached hydrogen (secondary N) is 1. The Labute approximate surface area is 98.6 Å². The molecule has 0 spiro atoms. The van der Waals surface area contributed by atoms with Crippen LogP contribution < -0.4 is 5.32 Å². The van der Waals surface area contributed by atoms with Crippen molar-refractivity contribution in [3.63, 3.8) is 0 Å². The highest BCUT2D eigenvalue weighted by molar-refractivity contribution is 5.76. The average molecular weight is 224 g/mol. The van der Waals surface area contributed by atoms with Crippen molar-refractivity contribution in [1.29, 1.82) is 0 Å². The van der Waals surface area contributed by atoms with Crippen molar-refractivity contribution >= 4 is 5.91 Å². The predicted molar refractivity (Wildman–Crippen MR) is 65.2 cm³/mol. The fourth-order valence-electron chi connectivity index (χ4n) is 2.95. The molecule has 16 heavy (non-hydrogen) atoms. The number of hydrogen-bond acceptors (Lipinski definition) is 2. The minimum atomic E-state index is 0.362. The first-order chi connectivity index (χ1) is 7.77. The molecule has 1 N–H and O–H groups in total. The first-order valence-electron chi connectivity index (χ1n) is 6.74. The zero-order valence-electron chi connectivity index (χ0n) is 10.4. The van der Waals surface area contributed by atoms with E-state index in [1.54, 1.807) is 0 Å². The summed E-state index contributed by atoms with van der Waals surface area (Å²) in [4.78, 5) is 14.1. The van der Waals surface area contributed by atoms with Gasteiger partial charge >= 0.3 is 0 Å². The third-order valence-electron chi connectivity index (χ3n) is 4.14. The molecule has 0 aromatic heterocycles. The Morgan fingerprint density at radius 3 is 2.62 bits per heavy atom. The van der Waals surface area contributed by atoms with Crippen LogP contribution in [0.15, 0.2) is 0 Å². The Kier molecular flexibility index (Phi) is 4.22. The molecular weight excluding hydrogens is 200 g/mol. The summed E-state index contributed by atoms with van der Waals surface area (Å²) in [6.45, 7) is 2.12. The lowest BCUT2D eigenvalue weighted by atomic mass is 9.93. The van der Waals surface area contributed by atoms with Gasteiger partial charge in [-0.15, -0.1) is 0 Å². The van der Waals surface area contributed by atoms with Gasteiger partial charge in [-0.3, -0.25) is 4.79 Å². The van der Waals surface area contributed by atoms with Gasteiger partial charge in [-0.05, 0) is 38.3 Å². The number of hydrogen-bond donors (Lipinski definition) is 1. The normalized spacial score (nSPS) is 26.9. The van der Waals surface area contributed by atoms with Crippen LogP contribution >= 0.6 is 0 Å². The van der Waals surface area contributed by atoms with E-state index in [1.165, 1.54) is 38.5 Å². The van der Waals surface area contributed by atoms with E-state index in [2.05, 4.69) is 5.32 Å². The number of rotatable bonds is 3. The molecule has 1 heterocycles. The van der Waals surface area contributed by atoms with Crippen LogP contribution in [0.5, 0.6) is 0 Å². The van der Waals surface area contributed by atoms with Gasteiger partial charge in [0.1, 0.15) is 0 Å². The summed E-state index contributed by atoms with van der Waals surface area (Å²) in [6.07, 6.45) is 8.30. The summed E-state index contributed by atoms with van der Waals surface area (Å²) >= 11 is 0. The maximum Gasteiger partial charge on any atom is 0.222 e. The second-order valence-corrected chi connectivity index (χ2v) is 5.36. The van der Waals surface area contributed by atoms with E-state index in [4.69, 9.17) is 0 Å². The van der Waals surface area contributed by atoms with E-state index in [9.17, 15) is 4.79 Å². The molecular formula is C13H24N2O. The molecule has 3 nitrogen and oxygen atoms in total. The Bertz CT molecular complexity index is 230. The van der Waals surface area contributed by atoms with Crippen molar-refractivity contribution in [1.82, 2.24) is 10.2 Å². The molecule has 1 amide bonds. The molecule has 2 fully saturated rings. The summed E-state index contributed by atoms with van der Waals surface area (Å²) < 4.78 is 0. The van der Waals surface area contributed by atoms with Crippen molar-refractivity contribution < 1.29 is 4.79 Å². The second kappa shape index (κ2) is 5.67. The van der Waals surface area contributed by atoms with Gasteiger partial charge in [0.15, 0.2) is 0 Å². The van der Waals surface area contributed by atoms with Gasteiger partial charge in [-0.2, -0.15) is 0 Å². The van der Waals surface area contributed by atoms with E-state index in [0.29, 0.717) is 17.9 Å². The van der Waals surface area contributed by atoms with Gasteiger partial charge < -0.3 is 10.2 Å². The average Bonchev–Trinajstić information content (AvgIpc) is 2.82. The highest BCUT2D eigenvalue weighted by atomic mass is 16.2. The molecule has 3 heteroatoms. The van der Waals surface area contributed by atoms with Gasteiger partial charge in [0, 0.05) is 19.5 Å². The van der Waals surface area contributed by atoms with Crippen LogP contribution in [0.2, 0.25) is 0 Å². The molecule has 1 saturated carbocycles. The van der Waals surface area contributed by atoms with E-state index < -0.39 is 0 Å². The first-order valence-corrected chi connectivity index (χ1v) is 6.74. The first kappa shape index (κ1) is 11.9. The van der Waals surface area contributed by atoms with E-state index in [1.807, 2.05) is 11.9 Å². The SMILES string of the molecule is CN(C(=O)CC1CCNC1)C1CCCCC1. The van der Waals surface area contributed by atoms with Crippen LogP contribution in [0, 0.1) is 5.92 Å². The zero-order chi connectivity index (χ0) is 11.4. The molecule has 0 aromatic rings. The van der Waals surface area contributed by atoms with Crippen LogP contribution in [0.4, 0.5) is 0 Å². The number of carbonyl (C=O) groups excluding carboxylic acids is 1. The lowest BCUT2D eigenvalue weighted by molar-refractivity contribution is -0.133. The van der Waals surface area contributed by atoms with Crippen molar-refractivity contribution in [2.75, 3.05) is 20.1 Å². The van der Waals surface area contributed by atoms with Crippen LogP contribution in [-0.4, -0.2) is 37.0 Å². The summed E-state index contributed by atoms with van der Waals surface area (Å²) in [5, 5.41) is 3.33. The monoisotopic (exact) mass is 224 g/mol. The molecule has 2 aliphatic rings. The third-order valence-corrected chi connectivity index (χ3v) is 4.14. The van der Waals surface area contributed by atoms with Crippen molar-refractivity contribution in [2.45, 2.75) is 51.0 Å². The summed E-state index contributed by atoms with van der Waals surface area (Å²) in [6, 6.07) is 0.524. The molecule has 2 rings (SSSR count). The van der Waals surface area contributed by atoms with Crippen LogP contribution in [0.1, 0.15) is 44.9 Å². The Balaban J connectivity index is 1.78. The van der Waals surface area contributed by atoms with Crippen molar-refractivity contribution in [2.24, 2.45) is 5.92 Å². The number of carbonyl (C=O) groups is 1.